The van der Waals surface area contributed by atoms with Gasteiger partial charge in [-0.15, -0.1) is 0 Å². The lowest BCUT2D eigenvalue weighted by atomic mass is 10.2. The molecule has 0 heterocycles. The van der Waals surface area contributed by atoms with Gasteiger partial charge in [0.2, 0.25) is 0 Å². The van der Waals surface area contributed by atoms with Crippen molar-refractivity contribution in [3.05, 3.63) is 48.2 Å². The second-order valence-corrected chi connectivity index (χ2v) is 3.78. The van der Waals surface area contributed by atoms with Crippen molar-refractivity contribution >= 4 is 6.34 Å². The van der Waals surface area contributed by atoms with Gasteiger partial charge in [-0.25, -0.2) is 4.99 Å². The van der Waals surface area contributed by atoms with Gasteiger partial charge in [0.05, 0.1) is 6.34 Å². The maximum absolute atomic E-state index is 4.20. The Balaban J connectivity index is 2.41. The first-order valence-corrected chi connectivity index (χ1v) is 5.73. The van der Waals surface area contributed by atoms with E-state index >= 15 is 0 Å². The minimum absolute atomic E-state index is 0.893. The van der Waals surface area contributed by atoms with Crippen LogP contribution in [0.3, 0.4) is 0 Å². The SMILES string of the molecule is CC/C=C/N=CN(C)CC1=CC=CCC=C1. The molecule has 2 nitrogen and oxygen atoms in total. The summed E-state index contributed by atoms with van der Waals surface area (Å²) in [6.45, 7) is 2.99. The first kappa shape index (κ1) is 12.5. The zero-order valence-electron chi connectivity index (χ0n) is 10.1. The maximum Gasteiger partial charge on any atom is 0.0905 e. The number of aliphatic imine (C=N–C) groups is 1. The molecule has 0 bridgehead atoms. The molecule has 0 aromatic carbocycles. The van der Waals surface area contributed by atoms with Crippen molar-refractivity contribution in [3.8, 4) is 0 Å². The molecule has 0 radical (unpaired) electrons. The fraction of sp³-hybridized carbons (Fsp3) is 0.357. The Morgan fingerprint density at radius 2 is 2.31 bits per heavy atom. The van der Waals surface area contributed by atoms with Crippen LogP contribution in [-0.4, -0.2) is 24.8 Å². The maximum atomic E-state index is 4.20. The fourth-order valence-corrected chi connectivity index (χ4v) is 1.38. The summed E-state index contributed by atoms with van der Waals surface area (Å²) in [6.07, 6.45) is 18.6. The lowest BCUT2D eigenvalue weighted by Crippen LogP contribution is -2.18. The van der Waals surface area contributed by atoms with Gasteiger partial charge in [0.15, 0.2) is 0 Å². The van der Waals surface area contributed by atoms with E-state index in [0.29, 0.717) is 0 Å². The second-order valence-electron chi connectivity index (χ2n) is 3.78. The third-order valence-electron chi connectivity index (χ3n) is 2.17. The van der Waals surface area contributed by atoms with Crippen LogP contribution in [0.2, 0.25) is 0 Å². The van der Waals surface area contributed by atoms with Gasteiger partial charge in [0.1, 0.15) is 0 Å². The normalized spacial score (nSPS) is 15.8. The molecule has 0 amide bonds. The highest BCUT2D eigenvalue weighted by atomic mass is 15.1. The summed E-state index contributed by atoms with van der Waals surface area (Å²) in [4.78, 5) is 6.28. The smallest absolute Gasteiger partial charge is 0.0905 e. The van der Waals surface area contributed by atoms with Crippen molar-refractivity contribution < 1.29 is 0 Å². The van der Waals surface area contributed by atoms with Crippen molar-refractivity contribution in [1.29, 1.82) is 0 Å². The average molecular weight is 216 g/mol. The highest BCUT2D eigenvalue weighted by Crippen LogP contribution is 2.05. The number of allylic oxidation sites excluding steroid dienone is 5. The lowest BCUT2D eigenvalue weighted by molar-refractivity contribution is 0.571. The summed E-state index contributed by atoms with van der Waals surface area (Å²) in [7, 11) is 2.03. The van der Waals surface area contributed by atoms with E-state index in [2.05, 4.69) is 47.2 Å². The molecule has 0 aromatic heterocycles. The van der Waals surface area contributed by atoms with Crippen LogP contribution in [0.1, 0.15) is 19.8 Å². The molecule has 1 aliphatic carbocycles. The first-order valence-electron chi connectivity index (χ1n) is 5.73. The molecule has 16 heavy (non-hydrogen) atoms. The van der Waals surface area contributed by atoms with Gasteiger partial charge in [-0.3, -0.25) is 0 Å². The van der Waals surface area contributed by atoms with Gasteiger partial charge in [-0.05, 0) is 18.4 Å². The van der Waals surface area contributed by atoms with Crippen molar-refractivity contribution in [2.45, 2.75) is 19.8 Å². The Kier molecular flexibility index (Phi) is 6.00. The molecule has 0 unspecified atom stereocenters. The summed E-state index contributed by atoms with van der Waals surface area (Å²) >= 11 is 0. The number of rotatable bonds is 5. The molecule has 0 saturated heterocycles. The zero-order chi connectivity index (χ0) is 11.6. The molecule has 86 valence electrons. The third-order valence-corrected chi connectivity index (χ3v) is 2.17. The molecule has 1 aliphatic rings. The summed E-state index contributed by atoms with van der Waals surface area (Å²) in [5, 5.41) is 0. The van der Waals surface area contributed by atoms with E-state index in [1.807, 2.05) is 25.7 Å². The number of nitrogens with zero attached hydrogens (tertiary/aromatic N) is 2. The molecule has 2 heteroatoms. The Hall–Kier alpha value is -1.57. The Morgan fingerprint density at radius 3 is 3.12 bits per heavy atom. The molecule has 0 atom stereocenters. The highest BCUT2D eigenvalue weighted by molar-refractivity contribution is 5.56. The first-order chi connectivity index (χ1) is 7.83. The van der Waals surface area contributed by atoms with Crippen molar-refractivity contribution in [2.24, 2.45) is 4.99 Å². The molecule has 1 rings (SSSR count). The minimum Gasteiger partial charge on any atom is -0.361 e. The summed E-state index contributed by atoms with van der Waals surface area (Å²) in [5.41, 5.74) is 1.31. The Morgan fingerprint density at radius 1 is 1.44 bits per heavy atom. The summed E-state index contributed by atoms with van der Waals surface area (Å²) < 4.78 is 0. The Bertz CT molecular complexity index is 333. The molecule has 0 saturated carbocycles. The lowest BCUT2D eigenvalue weighted by Gasteiger charge is -2.12. The minimum atomic E-state index is 0.893. The molecule has 0 spiro atoms. The zero-order valence-corrected chi connectivity index (χ0v) is 10.1. The van der Waals surface area contributed by atoms with Gasteiger partial charge in [0, 0.05) is 19.8 Å². The number of hydrogen-bond donors (Lipinski definition) is 0. The standard InChI is InChI=1S/C14H20N2/c1-3-4-11-15-13-16(2)12-14-9-7-5-6-8-10-14/h4-5,7-11,13H,3,6,12H2,1-2H3/b11-4+,15-13?. The van der Waals surface area contributed by atoms with Crippen molar-refractivity contribution in [3.63, 3.8) is 0 Å². The number of likely N-dealkylation sites (N-methyl/N-ethyl adjacent to an activating group) is 1. The fourth-order valence-electron chi connectivity index (χ4n) is 1.38. The summed E-state index contributed by atoms with van der Waals surface area (Å²) in [5.74, 6) is 0. The van der Waals surface area contributed by atoms with Crippen LogP contribution in [0.25, 0.3) is 0 Å². The molecular formula is C14H20N2. The van der Waals surface area contributed by atoms with E-state index in [4.69, 9.17) is 0 Å². The van der Waals surface area contributed by atoms with Gasteiger partial charge >= 0.3 is 0 Å². The predicted molar refractivity (Wildman–Crippen MR) is 71.5 cm³/mol. The van der Waals surface area contributed by atoms with Gasteiger partial charge in [-0.1, -0.05) is 43.4 Å². The largest absolute Gasteiger partial charge is 0.361 e. The van der Waals surface area contributed by atoms with Gasteiger partial charge in [-0.2, -0.15) is 0 Å². The topological polar surface area (TPSA) is 15.6 Å². The average Bonchev–Trinajstić information content (AvgIpc) is 2.53. The van der Waals surface area contributed by atoms with E-state index in [1.165, 1.54) is 5.57 Å². The van der Waals surface area contributed by atoms with Gasteiger partial charge in [0.25, 0.3) is 0 Å². The second kappa shape index (κ2) is 7.69. The van der Waals surface area contributed by atoms with Gasteiger partial charge < -0.3 is 4.90 Å². The predicted octanol–water partition coefficient (Wildman–Crippen LogP) is 3.31. The van der Waals surface area contributed by atoms with Crippen LogP contribution in [0.4, 0.5) is 0 Å². The summed E-state index contributed by atoms with van der Waals surface area (Å²) in [6, 6.07) is 0. The Labute approximate surface area is 98.4 Å². The van der Waals surface area contributed by atoms with E-state index in [9.17, 15) is 0 Å². The van der Waals surface area contributed by atoms with E-state index < -0.39 is 0 Å². The van der Waals surface area contributed by atoms with Crippen molar-refractivity contribution in [2.75, 3.05) is 13.6 Å². The highest BCUT2D eigenvalue weighted by Gasteiger charge is 1.96. The van der Waals surface area contributed by atoms with Crippen LogP contribution in [0.5, 0.6) is 0 Å². The van der Waals surface area contributed by atoms with Crippen LogP contribution < -0.4 is 0 Å². The van der Waals surface area contributed by atoms with E-state index in [-0.39, 0.29) is 0 Å². The number of hydrogen-bond acceptors (Lipinski definition) is 1. The molecule has 0 fully saturated rings. The van der Waals surface area contributed by atoms with Crippen LogP contribution in [0, 0.1) is 0 Å². The van der Waals surface area contributed by atoms with Crippen LogP contribution in [0.15, 0.2) is 53.2 Å². The van der Waals surface area contributed by atoms with Crippen LogP contribution in [-0.2, 0) is 0 Å². The van der Waals surface area contributed by atoms with E-state index in [1.54, 1.807) is 0 Å². The third kappa shape index (κ3) is 5.35. The molecule has 0 N–H and O–H groups in total. The van der Waals surface area contributed by atoms with E-state index in [0.717, 1.165) is 19.4 Å². The molecule has 0 aromatic rings. The molecule has 0 aliphatic heterocycles. The molecular weight excluding hydrogens is 196 g/mol. The monoisotopic (exact) mass is 216 g/mol. The van der Waals surface area contributed by atoms with Crippen molar-refractivity contribution in [1.82, 2.24) is 4.90 Å². The van der Waals surface area contributed by atoms with Crippen LogP contribution >= 0.6 is 0 Å². The quantitative estimate of drug-likeness (QED) is 0.508.